The number of carbonyl (C=O) groups excluding carboxylic acids is 1. The third kappa shape index (κ3) is 4.56. The molecule has 2 aromatic rings. The van der Waals surface area contributed by atoms with Crippen molar-refractivity contribution in [3.05, 3.63) is 40.4 Å². The number of morpholine rings is 1. The molecule has 0 radical (unpaired) electrons. The molecule has 3 rings (SSSR count). The van der Waals surface area contributed by atoms with Gasteiger partial charge in [0, 0.05) is 24.0 Å². The zero-order chi connectivity index (χ0) is 17.8. The summed E-state index contributed by atoms with van der Waals surface area (Å²) in [5, 5.41) is 12.1. The van der Waals surface area contributed by atoms with Crippen molar-refractivity contribution in [1.29, 1.82) is 0 Å². The third-order valence-electron chi connectivity index (χ3n) is 3.88. The maximum absolute atomic E-state index is 12.5. The van der Waals surface area contributed by atoms with E-state index in [1.165, 1.54) is 11.3 Å². The molecule has 1 aromatic carbocycles. The molecule has 1 amide bonds. The first-order chi connectivity index (χ1) is 12.0. The predicted molar refractivity (Wildman–Crippen MR) is 94.8 cm³/mol. The Balaban J connectivity index is 1.64. The Hall–Kier alpha value is -1.96. The number of hydrogen-bond donors (Lipinski definition) is 1. The van der Waals surface area contributed by atoms with Crippen LogP contribution >= 0.6 is 22.9 Å². The highest BCUT2D eigenvalue weighted by atomic mass is 35.5. The van der Waals surface area contributed by atoms with Gasteiger partial charge < -0.3 is 14.7 Å². The molecule has 1 saturated heterocycles. The van der Waals surface area contributed by atoms with Gasteiger partial charge in [-0.05, 0) is 6.07 Å². The summed E-state index contributed by atoms with van der Waals surface area (Å²) in [6, 6.07) is 7.45. The van der Waals surface area contributed by atoms with Crippen molar-refractivity contribution in [3.63, 3.8) is 0 Å². The summed E-state index contributed by atoms with van der Waals surface area (Å²) in [6.45, 7) is 1.12. The van der Waals surface area contributed by atoms with E-state index in [0.717, 1.165) is 10.6 Å². The smallest absolute Gasteiger partial charge is 0.306 e. The molecular formula is C17H17ClN2O4S. The first kappa shape index (κ1) is 17.8. The zero-order valence-corrected chi connectivity index (χ0v) is 14.9. The molecule has 0 bridgehead atoms. The van der Waals surface area contributed by atoms with Crippen molar-refractivity contribution in [2.75, 3.05) is 19.7 Å². The molecule has 6 nitrogen and oxygen atoms in total. The van der Waals surface area contributed by atoms with E-state index >= 15 is 0 Å². The van der Waals surface area contributed by atoms with Crippen molar-refractivity contribution in [1.82, 2.24) is 9.88 Å². The van der Waals surface area contributed by atoms with Gasteiger partial charge >= 0.3 is 5.97 Å². The van der Waals surface area contributed by atoms with Crippen LogP contribution in [0.3, 0.4) is 0 Å². The van der Waals surface area contributed by atoms with E-state index in [4.69, 9.17) is 21.4 Å². The highest BCUT2D eigenvalue weighted by Crippen LogP contribution is 2.30. The molecular weight excluding hydrogens is 364 g/mol. The third-order valence-corrected chi connectivity index (χ3v) is 5.14. The lowest BCUT2D eigenvalue weighted by Crippen LogP contribution is -2.46. The number of aromatic nitrogens is 1. The molecule has 1 fully saturated rings. The summed E-state index contributed by atoms with van der Waals surface area (Å²) in [4.78, 5) is 29.4. The van der Waals surface area contributed by atoms with E-state index in [9.17, 15) is 9.59 Å². The van der Waals surface area contributed by atoms with Gasteiger partial charge in [0.2, 0.25) is 5.91 Å². The molecule has 8 heteroatoms. The number of nitrogens with zero attached hydrogens (tertiary/aromatic N) is 2. The number of thiazole rings is 1. The average Bonchev–Trinajstić information content (AvgIpc) is 3.03. The van der Waals surface area contributed by atoms with Crippen LogP contribution in [0, 0.1) is 0 Å². The highest BCUT2D eigenvalue weighted by Gasteiger charge is 2.26. The van der Waals surface area contributed by atoms with Gasteiger partial charge in [-0.25, -0.2) is 4.98 Å². The summed E-state index contributed by atoms with van der Waals surface area (Å²) < 4.78 is 5.39. The first-order valence-electron chi connectivity index (χ1n) is 7.83. The Kier molecular flexibility index (Phi) is 5.67. The SMILES string of the molecule is O=C(O)C[C@@H]1CN(C(=O)Cc2csc(-c3ccccc3Cl)n2)CCO1. The Morgan fingerprint density at radius 2 is 2.20 bits per heavy atom. The number of hydrogen-bond acceptors (Lipinski definition) is 5. The van der Waals surface area contributed by atoms with E-state index in [1.54, 1.807) is 11.0 Å². The molecule has 132 valence electrons. The molecule has 0 saturated carbocycles. The summed E-state index contributed by atoms with van der Waals surface area (Å²) in [6.07, 6.45) is -0.373. The largest absolute Gasteiger partial charge is 0.481 e. The van der Waals surface area contributed by atoms with Crippen LogP contribution in [0.4, 0.5) is 0 Å². The van der Waals surface area contributed by atoms with Crippen LogP contribution in [-0.2, 0) is 20.7 Å². The maximum Gasteiger partial charge on any atom is 0.306 e. The standard InChI is InChI=1S/C17H17ClN2O4S/c18-14-4-2-1-3-13(14)17-19-11(10-25-17)7-15(21)20-5-6-24-12(9-20)8-16(22)23/h1-4,10,12H,5-9H2,(H,22,23)/t12-/m1/s1. The number of benzene rings is 1. The second kappa shape index (κ2) is 7.95. The van der Waals surface area contributed by atoms with Crippen molar-refractivity contribution in [2.45, 2.75) is 18.9 Å². The minimum atomic E-state index is -0.928. The molecule has 0 spiro atoms. The summed E-state index contributed by atoms with van der Waals surface area (Å²) in [5.74, 6) is -1.00. The van der Waals surface area contributed by atoms with Crippen LogP contribution in [0.15, 0.2) is 29.6 Å². The molecule has 0 unspecified atom stereocenters. The van der Waals surface area contributed by atoms with Gasteiger partial charge in [-0.2, -0.15) is 0 Å². The lowest BCUT2D eigenvalue weighted by atomic mass is 10.2. The minimum absolute atomic E-state index is 0.0744. The average molecular weight is 381 g/mol. The number of rotatable bonds is 5. The highest BCUT2D eigenvalue weighted by molar-refractivity contribution is 7.13. The topological polar surface area (TPSA) is 79.7 Å². The molecule has 1 aliphatic rings. The number of carboxylic acids is 1. The molecule has 1 N–H and O–H groups in total. The predicted octanol–water partition coefficient (Wildman–Crippen LogP) is 2.71. The van der Waals surface area contributed by atoms with Gasteiger partial charge in [0.25, 0.3) is 0 Å². The van der Waals surface area contributed by atoms with Gasteiger partial charge in [-0.15, -0.1) is 11.3 Å². The zero-order valence-electron chi connectivity index (χ0n) is 13.4. The van der Waals surface area contributed by atoms with E-state index in [-0.39, 0.29) is 18.7 Å². The number of carboxylic acid groups (broad SMARTS) is 1. The van der Waals surface area contributed by atoms with Gasteiger partial charge in [0.1, 0.15) is 5.01 Å². The quantitative estimate of drug-likeness (QED) is 0.862. The fraction of sp³-hybridized carbons (Fsp3) is 0.353. The van der Waals surface area contributed by atoms with E-state index < -0.39 is 12.1 Å². The van der Waals surface area contributed by atoms with E-state index in [1.807, 2.05) is 23.6 Å². The Bertz CT molecular complexity index is 780. The second-order valence-electron chi connectivity index (χ2n) is 5.73. The van der Waals surface area contributed by atoms with Crippen molar-refractivity contribution >= 4 is 34.8 Å². The van der Waals surface area contributed by atoms with E-state index in [2.05, 4.69) is 4.98 Å². The molecule has 1 aromatic heterocycles. The Morgan fingerprint density at radius 1 is 1.40 bits per heavy atom. The van der Waals surface area contributed by atoms with Crippen LogP contribution in [0.25, 0.3) is 10.6 Å². The van der Waals surface area contributed by atoms with Crippen molar-refractivity contribution in [3.8, 4) is 10.6 Å². The molecule has 1 atom stereocenters. The van der Waals surface area contributed by atoms with Gasteiger partial charge in [-0.1, -0.05) is 29.8 Å². The lowest BCUT2D eigenvalue weighted by molar-refractivity contribution is -0.147. The van der Waals surface area contributed by atoms with Crippen LogP contribution in [0.5, 0.6) is 0 Å². The fourth-order valence-electron chi connectivity index (χ4n) is 2.68. The van der Waals surface area contributed by atoms with Gasteiger partial charge in [0.15, 0.2) is 0 Å². The van der Waals surface area contributed by atoms with Crippen LogP contribution in [-0.4, -0.2) is 52.7 Å². The van der Waals surface area contributed by atoms with Crippen LogP contribution in [0.2, 0.25) is 5.02 Å². The maximum atomic E-state index is 12.5. The van der Waals surface area contributed by atoms with Crippen LogP contribution in [0.1, 0.15) is 12.1 Å². The van der Waals surface area contributed by atoms with Crippen molar-refractivity contribution in [2.24, 2.45) is 0 Å². The molecule has 25 heavy (non-hydrogen) atoms. The Morgan fingerprint density at radius 3 is 2.96 bits per heavy atom. The number of amides is 1. The number of ether oxygens (including phenoxy) is 1. The number of carbonyl (C=O) groups is 2. The number of halogens is 1. The molecule has 0 aliphatic carbocycles. The number of aliphatic carboxylic acids is 1. The molecule has 1 aliphatic heterocycles. The summed E-state index contributed by atoms with van der Waals surface area (Å²) >= 11 is 7.63. The van der Waals surface area contributed by atoms with E-state index in [0.29, 0.717) is 30.4 Å². The molecule has 2 heterocycles. The summed E-state index contributed by atoms with van der Waals surface area (Å²) in [5.41, 5.74) is 1.53. The normalized spacial score (nSPS) is 17.5. The Labute approximate surface area is 154 Å². The summed E-state index contributed by atoms with van der Waals surface area (Å²) in [7, 11) is 0. The minimum Gasteiger partial charge on any atom is -0.481 e. The lowest BCUT2D eigenvalue weighted by Gasteiger charge is -2.32. The second-order valence-corrected chi connectivity index (χ2v) is 7.00. The van der Waals surface area contributed by atoms with Crippen molar-refractivity contribution < 1.29 is 19.4 Å². The van der Waals surface area contributed by atoms with Crippen LogP contribution < -0.4 is 0 Å². The van der Waals surface area contributed by atoms with Gasteiger partial charge in [0.05, 0.1) is 36.3 Å². The monoisotopic (exact) mass is 380 g/mol. The first-order valence-corrected chi connectivity index (χ1v) is 9.09. The van der Waals surface area contributed by atoms with Gasteiger partial charge in [-0.3, -0.25) is 9.59 Å². The fourth-order valence-corrected chi connectivity index (χ4v) is 3.82.